The first-order chi connectivity index (χ1) is 12.6. The van der Waals surface area contributed by atoms with Gasteiger partial charge in [0.1, 0.15) is 12.4 Å². The molecule has 0 saturated carbocycles. The van der Waals surface area contributed by atoms with Crippen molar-refractivity contribution in [2.45, 2.75) is 19.4 Å². The first kappa shape index (κ1) is 18.7. The number of hydrogen-bond acceptors (Lipinski definition) is 2. The Bertz CT molecular complexity index is 754. The first-order valence-electron chi connectivity index (χ1n) is 8.76. The van der Waals surface area contributed by atoms with Crippen LogP contribution in [0.15, 0.2) is 58.1 Å². The number of carbonyl (C=O) groups is 1. The van der Waals surface area contributed by atoms with Crippen molar-refractivity contribution in [2.75, 3.05) is 13.1 Å². The molecule has 2 aromatic rings. The van der Waals surface area contributed by atoms with Gasteiger partial charge in [0.05, 0.1) is 25.2 Å². The topological polar surface area (TPSA) is 45.9 Å². The van der Waals surface area contributed by atoms with Gasteiger partial charge in [0.2, 0.25) is 5.91 Å². The summed E-state index contributed by atoms with van der Waals surface area (Å²) in [6.45, 7) is 2.95. The molecular weight excluding hydrogens is 397 g/mol. The highest BCUT2D eigenvalue weighted by Crippen LogP contribution is 2.12. The zero-order chi connectivity index (χ0) is 18.4. The lowest BCUT2D eigenvalue weighted by Crippen LogP contribution is -3.11. The Kier molecular flexibility index (Phi) is 6.52. The maximum absolute atomic E-state index is 12.8. The molecule has 4 nitrogen and oxygen atoms in total. The number of quaternary nitrogens is 1. The van der Waals surface area contributed by atoms with Gasteiger partial charge in [0, 0.05) is 22.9 Å². The van der Waals surface area contributed by atoms with Crippen LogP contribution in [0.4, 0.5) is 4.39 Å². The molecule has 1 heterocycles. The maximum Gasteiger partial charge on any atom is 0.243 e. The first-order valence-corrected chi connectivity index (χ1v) is 9.56. The molecule has 0 radical (unpaired) electrons. The summed E-state index contributed by atoms with van der Waals surface area (Å²) < 4.78 is 13.9. The molecule has 1 amide bonds. The number of amides is 1. The van der Waals surface area contributed by atoms with Crippen LogP contribution < -0.4 is 10.3 Å². The quantitative estimate of drug-likeness (QED) is 0.568. The highest BCUT2D eigenvalue weighted by atomic mass is 79.9. The zero-order valence-corrected chi connectivity index (χ0v) is 16.0. The summed E-state index contributed by atoms with van der Waals surface area (Å²) in [6, 6.07) is 14.4. The van der Waals surface area contributed by atoms with Gasteiger partial charge in [-0.2, -0.15) is 5.10 Å². The smallest absolute Gasteiger partial charge is 0.243 e. The monoisotopic (exact) mass is 418 g/mol. The normalized spacial score (nSPS) is 20.2. The molecule has 0 unspecified atom stereocenters. The van der Waals surface area contributed by atoms with Crippen LogP contribution in [0, 0.1) is 11.7 Å². The molecule has 0 aliphatic carbocycles. The Labute approximate surface area is 161 Å². The zero-order valence-electron chi connectivity index (χ0n) is 14.4. The third kappa shape index (κ3) is 5.47. The number of halogens is 2. The molecule has 0 aromatic heterocycles. The summed E-state index contributed by atoms with van der Waals surface area (Å²) in [4.78, 5) is 13.8. The van der Waals surface area contributed by atoms with Crippen molar-refractivity contribution in [1.82, 2.24) is 5.43 Å². The van der Waals surface area contributed by atoms with Crippen LogP contribution in [-0.2, 0) is 11.3 Å². The second-order valence-corrected chi connectivity index (χ2v) is 7.53. The van der Waals surface area contributed by atoms with Gasteiger partial charge in [0.15, 0.2) is 0 Å². The van der Waals surface area contributed by atoms with Crippen molar-refractivity contribution in [2.24, 2.45) is 11.0 Å². The number of hydrogen-bond donors (Lipinski definition) is 2. The van der Waals surface area contributed by atoms with E-state index in [1.807, 2.05) is 0 Å². The van der Waals surface area contributed by atoms with Crippen molar-refractivity contribution in [3.8, 4) is 0 Å². The van der Waals surface area contributed by atoms with E-state index < -0.39 is 0 Å². The van der Waals surface area contributed by atoms with Crippen LogP contribution in [-0.4, -0.2) is 25.2 Å². The van der Waals surface area contributed by atoms with Crippen LogP contribution in [0.1, 0.15) is 24.0 Å². The molecule has 136 valence electrons. The van der Waals surface area contributed by atoms with Crippen LogP contribution in [0.5, 0.6) is 0 Å². The van der Waals surface area contributed by atoms with Crippen molar-refractivity contribution in [3.05, 3.63) is 69.9 Å². The highest BCUT2D eigenvalue weighted by molar-refractivity contribution is 9.10. The van der Waals surface area contributed by atoms with Gasteiger partial charge in [-0.3, -0.25) is 4.79 Å². The lowest BCUT2D eigenvalue weighted by atomic mass is 9.96. The lowest BCUT2D eigenvalue weighted by molar-refractivity contribution is -0.919. The molecule has 1 aliphatic heterocycles. The molecule has 0 spiro atoms. The minimum Gasteiger partial charge on any atom is -0.331 e. The fourth-order valence-corrected chi connectivity index (χ4v) is 3.43. The Morgan fingerprint density at radius 3 is 2.46 bits per heavy atom. The third-order valence-electron chi connectivity index (χ3n) is 4.69. The number of nitrogens with one attached hydrogen (secondary N) is 2. The van der Waals surface area contributed by atoms with Gasteiger partial charge in [-0.15, -0.1) is 0 Å². The second kappa shape index (κ2) is 9.05. The van der Waals surface area contributed by atoms with Gasteiger partial charge >= 0.3 is 0 Å². The Morgan fingerprint density at radius 2 is 1.81 bits per heavy atom. The SMILES string of the molecule is O=C(N/N=C\c1ccc(F)cc1)C1CC[NH+](Cc2ccc(Br)cc2)CC1. The van der Waals surface area contributed by atoms with E-state index in [1.165, 1.54) is 28.8 Å². The molecule has 1 saturated heterocycles. The molecule has 2 N–H and O–H groups in total. The number of nitrogens with zero attached hydrogens (tertiary/aromatic N) is 1. The van der Waals surface area contributed by atoms with Crippen molar-refractivity contribution in [1.29, 1.82) is 0 Å². The summed E-state index contributed by atoms with van der Waals surface area (Å²) >= 11 is 3.45. The predicted octanol–water partition coefficient (Wildman–Crippen LogP) is 2.53. The molecule has 0 atom stereocenters. The fourth-order valence-electron chi connectivity index (χ4n) is 3.17. The molecular formula is C20H22BrFN3O+. The van der Waals surface area contributed by atoms with E-state index in [4.69, 9.17) is 0 Å². The van der Waals surface area contributed by atoms with E-state index in [9.17, 15) is 9.18 Å². The number of benzene rings is 2. The van der Waals surface area contributed by atoms with Gasteiger partial charge in [-0.25, -0.2) is 9.82 Å². The molecule has 26 heavy (non-hydrogen) atoms. The number of likely N-dealkylation sites (tertiary alicyclic amines) is 1. The molecule has 3 rings (SSSR count). The standard InChI is InChI=1S/C20H21BrFN3O/c21-18-5-1-16(2-6-18)14-25-11-9-17(10-12-25)20(26)24-23-13-15-3-7-19(22)8-4-15/h1-8,13,17H,9-12,14H2,(H,24,26)/p+1/b23-13-. The molecule has 6 heteroatoms. The Hall–Kier alpha value is -2.05. The summed E-state index contributed by atoms with van der Waals surface area (Å²) in [5, 5.41) is 3.98. The highest BCUT2D eigenvalue weighted by Gasteiger charge is 2.27. The summed E-state index contributed by atoms with van der Waals surface area (Å²) in [5.41, 5.74) is 4.67. The van der Waals surface area contributed by atoms with Crippen molar-refractivity contribution in [3.63, 3.8) is 0 Å². The molecule has 0 bridgehead atoms. The van der Waals surface area contributed by atoms with Crippen LogP contribution in [0.3, 0.4) is 0 Å². The van der Waals surface area contributed by atoms with Crippen molar-refractivity contribution < 1.29 is 14.1 Å². The Balaban J connectivity index is 1.43. The van der Waals surface area contributed by atoms with Gasteiger partial charge in [0.25, 0.3) is 0 Å². The average molecular weight is 419 g/mol. The van der Waals surface area contributed by atoms with E-state index in [1.54, 1.807) is 12.1 Å². The Morgan fingerprint density at radius 1 is 1.15 bits per heavy atom. The van der Waals surface area contributed by atoms with E-state index in [0.29, 0.717) is 0 Å². The second-order valence-electron chi connectivity index (χ2n) is 6.61. The summed E-state index contributed by atoms with van der Waals surface area (Å²) in [7, 11) is 0. The van der Waals surface area contributed by atoms with E-state index in [0.717, 1.165) is 42.5 Å². The maximum atomic E-state index is 12.8. The molecule has 1 fully saturated rings. The van der Waals surface area contributed by atoms with Crippen LogP contribution in [0.2, 0.25) is 0 Å². The van der Waals surface area contributed by atoms with Gasteiger partial charge < -0.3 is 4.90 Å². The van der Waals surface area contributed by atoms with E-state index in [-0.39, 0.29) is 17.6 Å². The minimum absolute atomic E-state index is 0.00837. The van der Waals surface area contributed by atoms with E-state index >= 15 is 0 Å². The number of hydrazone groups is 1. The predicted molar refractivity (Wildman–Crippen MR) is 103 cm³/mol. The minimum atomic E-state index is -0.288. The van der Waals surface area contributed by atoms with Crippen LogP contribution >= 0.6 is 15.9 Å². The van der Waals surface area contributed by atoms with Crippen molar-refractivity contribution >= 4 is 28.1 Å². The lowest BCUT2D eigenvalue weighted by Gasteiger charge is -2.28. The average Bonchev–Trinajstić information content (AvgIpc) is 2.66. The van der Waals surface area contributed by atoms with Crippen LogP contribution in [0.25, 0.3) is 0 Å². The molecule has 1 aliphatic rings. The summed E-state index contributed by atoms with van der Waals surface area (Å²) in [6.07, 6.45) is 3.26. The largest absolute Gasteiger partial charge is 0.331 e. The third-order valence-corrected chi connectivity index (χ3v) is 5.22. The number of piperidine rings is 1. The molecule has 2 aromatic carbocycles. The van der Waals surface area contributed by atoms with Gasteiger partial charge in [-0.05, 0) is 29.8 Å². The summed E-state index contributed by atoms with van der Waals surface area (Å²) in [5.74, 6) is -0.316. The van der Waals surface area contributed by atoms with Gasteiger partial charge in [-0.1, -0.05) is 40.2 Å². The fraction of sp³-hybridized carbons (Fsp3) is 0.300. The number of rotatable bonds is 5. The number of carbonyl (C=O) groups excluding carboxylic acids is 1. The van der Waals surface area contributed by atoms with E-state index in [2.05, 4.69) is 50.7 Å².